The van der Waals surface area contributed by atoms with Crippen molar-refractivity contribution in [3.8, 4) is 23.0 Å². The predicted octanol–water partition coefficient (Wildman–Crippen LogP) is 4.32. The van der Waals surface area contributed by atoms with Crippen LogP contribution in [-0.2, 0) is 11.2 Å². The third-order valence-corrected chi connectivity index (χ3v) is 6.28. The van der Waals surface area contributed by atoms with Crippen molar-refractivity contribution in [3.63, 3.8) is 0 Å². The zero-order valence-corrected chi connectivity index (χ0v) is 20.8. The Morgan fingerprint density at radius 3 is 2.03 bits per heavy atom. The van der Waals surface area contributed by atoms with Crippen LogP contribution in [0, 0.1) is 0 Å². The molecular weight excluding hydrogens is 462 g/mol. The predicted molar refractivity (Wildman–Crippen MR) is 133 cm³/mol. The van der Waals surface area contributed by atoms with Gasteiger partial charge in [0.25, 0.3) is 5.91 Å². The second kappa shape index (κ2) is 11.0. The third-order valence-electron chi connectivity index (χ3n) is 6.28. The summed E-state index contributed by atoms with van der Waals surface area (Å²) >= 11 is 0. The van der Waals surface area contributed by atoms with Crippen molar-refractivity contribution < 1.29 is 33.3 Å². The number of fused-ring (bicyclic) bond motifs is 1. The zero-order chi connectivity index (χ0) is 25.7. The summed E-state index contributed by atoms with van der Waals surface area (Å²) in [6.07, 6.45) is 0.669. The molecule has 0 spiro atoms. The van der Waals surface area contributed by atoms with Crippen LogP contribution in [0.25, 0.3) is 0 Å². The Hall–Kier alpha value is -4.20. The summed E-state index contributed by atoms with van der Waals surface area (Å²) < 4.78 is 27.1. The van der Waals surface area contributed by atoms with Gasteiger partial charge in [-0.1, -0.05) is 0 Å². The molecule has 1 heterocycles. The van der Waals surface area contributed by atoms with Gasteiger partial charge in [-0.05, 0) is 78.2 Å². The molecule has 1 atom stereocenters. The summed E-state index contributed by atoms with van der Waals surface area (Å²) in [5, 5.41) is 0. The van der Waals surface area contributed by atoms with Gasteiger partial charge in [-0.2, -0.15) is 0 Å². The third kappa shape index (κ3) is 5.07. The first-order valence-electron chi connectivity index (χ1n) is 11.5. The molecule has 0 saturated heterocycles. The molecule has 4 rings (SSSR count). The summed E-state index contributed by atoms with van der Waals surface area (Å²) in [4.78, 5) is 27.1. The molecule has 8 heteroatoms. The molecule has 0 aliphatic carbocycles. The van der Waals surface area contributed by atoms with E-state index in [1.807, 2.05) is 17.0 Å². The molecule has 0 N–H and O–H groups in total. The van der Waals surface area contributed by atoms with E-state index in [1.165, 1.54) is 7.11 Å². The molecule has 1 aliphatic heterocycles. The van der Waals surface area contributed by atoms with Crippen molar-refractivity contribution in [1.29, 1.82) is 0 Å². The van der Waals surface area contributed by atoms with Crippen LogP contribution < -0.4 is 18.9 Å². The van der Waals surface area contributed by atoms with E-state index < -0.39 is 5.97 Å². The first-order valence-corrected chi connectivity index (χ1v) is 11.5. The van der Waals surface area contributed by atoms with E-state index in [9.17, 15) is 9.59 Å². The largest absolute Gasteiger partial charge is 0.497 e. The van der Waals surface area contributed by atoms with Gasteiger partial charge in [-0.15, -0.1) is 0 Å². The van der Waals surface area contributed by atoms with E-state index >= 15 is 0 Å². The number of hydrogen-bond acceptors (Lipinski definition) is 7. The van der Waals surface area contributed by atoms with Gasteiger partial charge in [0.15, 0.2) is 11.5 Å². The van der Waals surface area contributed by atoms with E-state index in [1.54, 1.807) is 69.9 Å². The van der Waals surface area contributed by atoms with Crippen LogP contribution in [0.4, 0.5) is 0 Å². The summed E-state index contributed by atoms with van der Waals surface area (Å²) in [5.74, 6) is 1.97. The topological polar surface area (TPSA) is 83.5 Å². The Morgan fingerprint density at radius 1 is 0.806 bits per heavy atom. The van der Waals surface area contributed by atoms with Crippen molar-refractivity contribution in [2.24, 2.45) is 0 Å². The van der Waals surface area contributed by atoms with Crippen molar-refractivity contribution in [2.45, 2.75) is 12.5 Å². The molecule has 0 saturated carbocycles. The van der Waals surface area contributed by atoms with Crippen LogP contribution in [-0.4, -0.2) is 58.4 Å². The van der Waals surface area contributed by atoms with Gasteiger partial charge in [0.05, 0.1) is 40.0 Å². The molecular formula is C28H29NO7. The number of methoxy groups -OCH3 is 4. The van der Waals surface area contributed by atoms with Crippen molar-refractivity contribution in [2.75, 3.05) is 41.6 Å². The molecule has 8 nitrogen and oxygen atoms in total. The highest BCUT2D eigenvalue weighted by atomic mass is 16.5. The highest BCUT2D eigenvalue weighted by Crippen LogP contribution is 2.39. The van der Waals surface area contributed by atoms with Gasteiger partial charge in [-0.3, -0.25) is 4.79 Å². The smallest absolute Gasteiger partial charge is 0.337 e. The number of ether oxygens (including phenoxy) is 5. The van der Waals surface area contributed by atoms with Crippen molar-refractivity contribution in [3.05, 3.63) is 82.9 Å². The minimum Gasteiger partial charge on any atom is -0.497 e. The van der Waals surface area contributed by atoms with Gasteiger partial charge < -0.3 is 28.6 Å². The lowest BCUT2D eigenvalue weighted by molar-refractivity contribution is 0.0582. The van der Waals surface area contributed by atoms with E-state index in [0.717, 1.165) is 11.1 Å². The first kappa shape index (κ1) is 24.9. The Bertz CT molecular complexity index is 1220. The lowest BCUT2D eigenvalue weighted by Gasteiger charge is -2.37. The lowest BCUT2D eigenvalue weighted by Crippen LogP contribution is -2.42. The van der Waals surface area contributed by atoms with Crippen LogP contribution in [0.2, 0.25) is 0 Å². The second-order valence-corrected chi connectivity index (χ2v) is 8.23. The molecule has 1 aliphatic rings. The standard InChI is InChI=1S/C28H29NO7/c1-32-21-9-5-18(6-10-21)27(30)29-14-13-20-15-25(33-2)26(34-3)16-23(20)24(29)17-36-22-11-7-19(8-12-22)28(31)35-4/h5-12,15-16,24H,13-14,17H2,1-4H3/t24-/m0/s1. The summed E-state index contributed by atoms with van der Waals surface area (Å²) in [5.41, 5.74) is 3.00. The van der Waals surface area contributed by atoms with Gasteiger partial charge in [0.2, 0.25) is 0 Å². The number of rotatable bonds is 8. The fourth-order valence-electron chi connectivity index (χ4n) is 4.33. The van der Waals surface area contributed by atoms with E-state index in [-0.39, 0.29) is 18.6 Å². The molecule has 0 bridgehead atoms. The zero-order valence-electron chi connectivity index (χ0n) is 20.8. The molecule has 1 amide bonds. The van der Waals surface area contributed by atoms with Crippen LogP contribution in [0.3, 0.4) is 0 Å². The number of esters is 1. The molecule has 36 heavy (non-hydrogen) atoms. The molecule has 0 radical (unpaired) electrons. The maximum Gasteiger partial charge on any atom is 0.337 e. The van der Waals surface area contributed by atoms with Crippen molar-refractivity contribution in [1.82, 2.24) is 4.90 Å². The minimum absolute atomic E-state index is 0.104. The monoisotopic (exact) mass is 491 g/mol. The summed E-state index contributed by atoms with van der Waals surface area (Å²) in [6.45, 7) is 0.727. The SMILES string of the molecule is COC(=O)c1ccc(OC[C@H]2c3cc(OC)c(OC)cc3CCN2C(=O)c2ccc(OC)cc2)cc1. The Balaban J connectivity index is 1.65. The van der Waals surface area contributed by atoms with Crippen LogP contribution in [0.5, 0.6) is 23.0 Å². The highest BCUT2D eigenvalue weighted by Gasteiger charge is 2.33. The molecule has 0 fully saturated rings. The van der Waals surface area contributed by atoms with E-state index in [2.05, 4.69) is 0 Å². The van der Waals surface area contributed by atoms with Crippen LogP contribution in [0.15, 0.2) is 60.7 Å². The van der Waals surface area contributed by atoms with Gasteiger partial charge >= 0.3 is 5.97 Å². The normalized spacial score (nSPS) is 14.4. The molecule has 3 aromatic rings. The average Bonchev–Trinajstić information content (AvgIpc) is 2.94. The fraction of sp³-hybridized carbons (Fsp3) is 0.286. The second-order valence-electron chi connectivity index (χ2n) is 8.23. The number of benzene rings is 3. The Kier molecular flexibility index (Phi) is 7.63. The number of carbonyl (C=O) groups excluding carboxylic acids is 2. The summed E-state index contributed by atoms with van der Waals surface area (Å²) in [6, 6.07) is 17.3. The van der Waals surface area contributed by atoms with E-state index in [0.29, 0.717) is 47.1 Å². The lowest BCUT2D eigenvalue weighted by atomic mass is 9.91. The fourth-order valence-corrected chi connectivity index (χ4v) is 4.33. The highest BCUT2D eigenvalue weighted by molar-refractivity contribution is 5.95. The number of nitrogens with zero attached hydrogens (tertiary/aromatic N) is 1. The quantitative estimate of drug-likeness (QED) is 0.434. The van der Waals surface area contributed by atoms with Crippen LogP contribution >= 0.6 is 0 Å². The Morgan fingerprint density at radius 2 is 1.42 bits per heavy atom. The van der Waals surface area contributed by atoms with E-state index in [4.69, 9.17) is 23.7 Å². The van der Waals surface area contributed by atoms with Crippen molar-refractivity contribution >= 4 is 11.9 Å². The first-order chi connectivity index (χ1) is 17.5. The van der Waals surface area contributed by atoms with Gasteiger partial charge in [0.1, 0.15) is 18.1 Å². The number of amides is 1. The summed E-state index contributed by atoms with van der Waals surface area (Å²) in [7, 11) is 6.11. The minimum atomic E-state index is -0.417. The Labute approximate surface area is 210 Å². The average molecular weight is 492 g/mol. The molecule has 188 valence electrons. The number of carbonyl (C=O) groups is 2. The van der Waals surface area contributed by atoms with Gasteiger partial charge in [-0.25, -0.2) is 4.79 Å². The maximum atomic E-state index is 13.6. The molecule has 0 unspecified atom stereocenters. The maximum absolute atomic E-state index is 13.6. The number of hydrogen-bond donors (Lipinski definition) is 0. The molecule has 0 aromatic heterocycles. The van der Waals surface area contributed by atoms with Crippen LogP contribution in [0.1, 0.15) is 37.9 Å². The van der Waals surface area contributed by atoms with Gasteiger partial charge in [0, 0.05) is 12.1 Å². The molecule has 3 aromatic carbocycles.